The van der Waals surface area contributed by atoms with E-state index in [0.717, 1.165) is 76.2 Å². The molecule has 5 aliphatic carbocycles. The maximum absolute atomic E-state index is 14.5. The van der Waals surface area contributed by atoms with E-state index in [9.17, 15) is 14.4 Å². The molecule has 0 aromatic carbocycles. The summed E-state index contributed by atoms with van der Waals surface area (Å²) < 4.78 is 0. The van der Waals surface area contributed by atoms with Crippen LogP contribution in [0.3, 0.4) is 0 Å². The summed E-state index contributed by atoms with van der Waals surface area (Å²) in [7, 11) is 0. The van der Waals surface area contributed by atoms with E-state index in [-0.39, 0.29) is 68.6 Å². The van der Waals surface area contributed by atoms with Crippen LogP contribution in [0.15, 0.2) is 23.4 Å². The maximum atomic E-state index is 14.5. The van der Waals surface area contributed by atoms with Crippen LogP contribution in [0.2, 0.25) is 0 Å². The highest BCUT2D eigenvalue weighted by Crippen LogP contribution is 2.72. The molecule has 5 rings (SSSR count). The lowest BCUT2D eigenvalue weighted by Crippen LogP contribution is -2.69. The molecule has 0 aliphatic heterocycles. The Morgan fingerprint density at radius 3 is 2.39 bits per heavy atom. The predicted octanol–water partition coefficient (Wildman–Crippen LogP) is 8.01. The second kappa shape index (κ2) is 10.2. The van der Waals surface area contributed by atoms with E-state index in [4.69, 9.17) is 6.57 Å². The SMILES string of the molecule is [C-]#[N+]C1=C[C@]2(C)C3=CC(=O)[C@@H]4[C@@H]5CC(C)(C)CC[C@]5(NC(=O)CCCCCC)CC[C@@]4(C)[C@]3(C)CC[C@H]2[C@H](C)C1=O. The first-order valence-electron chi connectivity index (χ1n) is 16.4. The Bertz CT molecular complexity index is 1240. The van der Waals surface area contributed by atoms with E-state index in [1.165, 1.54) is 0 Å². The molecule has 3 fully saturated rings. The zero-order valence-corrected chi connectivity index (χ0v) is 26.6. The number of amides is 1. The number of fused-ring (bicyclic) bond motifs is 7. The van der Waals surface area contributed by atoms with Crippen LogP contribution >= 0.6 is 0 Å². The summed E-state index contributed by atoms with van der Waals surface area (Å²) in [4.78, 5) is 44.5. The lowest BCUT2D eigenvalue weighted by molar-refractivity contribution is -0.162. The molecule has 0 saturated heterocycles. The van der Waals surface area contributed by atoms with Crippen molar-refractivity contribution >= 4 is 17.5 Å². The van der Waals surface area contributed by atoms with E-state index in [1.807, 2.05) is 19.1 Å². The van der Waals surface area contributed by atoms with E-state index < -0.39 is 5.41 Å². The molecule has 0 heterocycles. The molecule has 0 spiro atoms. The molecule has 1 N–H and O–H groups in total. The van der Waals surface area contributed by atoms with E-state index >= 15 is 0 Å². The first-order chi connectivity index (χ1) is 19.2. The van der Waals surface area contributed by atoms with Gasteiger partial charge in [-0.25, -0.2) is 4.85 Å². The maximum Gasteiger partial charge on any atom is 0.226 e. The summed E-state index contributed by atoms with van der Waals surface area (Å²) in [5.41, 5.74) is 0.261. The number of unbranched alkanes of at least 4 members (excludes halogenated alkanes) is 3. The normalized spacial score (nSPS) is 42.9. The van der Waals surface area contributed by atoms with Crippen LogP contribution in [0.1, 0.15) is 126 Å². The number of carbonyl (C=O) groups is 3. The Hall–Kier alpha value is -2.22. The van der Waals surface area contributed by atoms with Gasteiger partial charge >= 0.3 is 0 Å². The molecule has 5 aliphatic rings. The minimum atomic E-state index is -0.475. The van der Waals surface area contributed by atoms with Gasteiger partial charge in [-0.15, -0.1) is 0 Å². The highest BCUT2D eigenvalue weighted by molar-refractivity contribution is 6.01. The fraction of sp³-hybridized carbons (Fsp3) is 0.778. The van der Waals surface area contributed by atoms with Crippen LogP contribution in [0.25, 0.3) is 4.85 Å². The number of nitrogens with zero attached hydrogens (tertiary/aromatic N) is 1. The van der Waals surface area contributed by atoms with Crippen LogP contribution in [0.5, 0.6) is 0 Å². The number of hydrogen-bond donors (Lipinski definition) is 1. The number of rotatable bonds is 6. The van der Waals surface area contributed by atoms with Crippen molar-refractivity contribution in [3.63, 3.8) is 0 Å². The summed E-state index contributed by atoms with van der Waals surface area (Å²) in [5.74, 6) is 0.173. The summed E-state index contributed by atoms with van der Waals surface area (Å²) in [5, 5.41) is 3.59. The van der Waals surface area contributed by atoms with E-state index in [1.54, 1.807) is 0 Å². The van der Waals surface area contributed by atoms with Crippen molar-refractivity contribution in [2.75, 3.05) is 0 Å². The molecule has 5 nitrogen and oxygen atoms in total. The average Bonchev–Trinajstić information content (AvgIpc) is 2.91. The monoisotopic (exact) mass is 560 g/mol. The van der Waals surface area contributed by atoms with E-state index in [0.29, 0.717) is 6.42 Å². The Labute approximate surface area is 248 Å². The molecule has 3 saturated carbocycles. The zero-order valence-electron chi connectivity index (χ0n) is 26.6. The molecule has 0 aromatic rings. The molecular weight excluding hydrogens is 508 g/mol. The quantitative estimate of drug-likeness (QED) is 0.264. The molecule has 0 aromatic heterocycles. The molecule has 0 unspecified atom stereocenters. The van der Waals surface area contributed by atoms with Gasteiger partial charge in [0.15, 0.2) is 11.6 Å². The van der Waals surface area contributed by atoms with Gasteiger partial charge in [-0.1, -0.05) is 79.4 Å². The van der Waals surface area contributed by atoms with Crippen molar-refractivity contribution < 1.29 is 14.4 Å². The summed E-state index contributed by atoms with van der Waals surface area (Å²) >= 11 is 0. The van der Waals surface area contributed by atoms with Crippen molar-refractivity contribution in [1.82, 2.24) is 5.32 Å². The number of Topliss-reactive ketones (excluding diaryl/α,β-unsaturated/α-hetero) is 1. The number of hydrogen-bond acceptors (Lipinski definition) is 3. The number of ketones is 2. The van der Waals surface area contributed by atoms with Gasteiger partial charge in [-0.05, 0) is 85.5 Å². The lowest BCUT2D eigenvalue weighted by Gasteiger charge is -2.68. The van der Waals surface area contributed by atoms with Crippen molar-refractivity contribution in [1.29, 1.82) is 0 Å². The second-order valence-electron chi connectivity index (χ2n) is 15.9. The topological polar surface area (TPSA) is 67.6 Å². The van der Waals surface area contributed by atoms with Gasteiger partial charge in [0.25, 0.3) is 0 Å². The minimum Gasteiger partial charge on any atom is -0.350 e. The highest BCUT2D eigenvalue weighted by atomic mass is 16.2. The third-order valence-electron chi connectivity index (χ3n) is 13.1. The van der Waals surface area contributed by atoms with Crippen LogP contribution < -0.4 is 5.32 Å². The first-order valence-corrected chi connectivity index (χ1v) is 16.4. The lowest BCUT2D eigenvalue weighted by atomic mass is 9.36. The van der Waals surface area contributed by atoms with Gasteiger partial charge in [0.05, 0.1) is 6.57 Å². The van der Waals surface area contributed by atoms with Crippen molar-refractivity contribution in [3.05, 3.63) is 34.8 Å². The number of carbonyl (C=O) groups excluding carboxylic acids is 3. The Morgan fingerprint density at radius 1 is 1.00 bits per heavy atom. The van der Waals surface area contributed by atoms with Crippen molar-refractivity contribution in [3.8, 4) is 0 Å². The second-order valence-corrected chi connectivity index (χ2v) is 15.9. The Balaban J connectivity index is 1.56. The Morgan fingerprint density at radius 2 is 1.71 bits per heavy atom. The summed E-state index contributed by atoms with van der Waals surface area (Å²) in [6.07, 6.45) is 15.4. The fourth-order valence-corrected chi connectivity index (χ4v) is 10.5. The smallest absolute Gasteiger partial charge is 0.226 e. The number of allylic oxidation sites excluding steroid dienone is 4. The van der Waals surface area contributed by atoms with Crippen LogP contribution in [-0.4, -0.2) is 23.0 Å². The molecular formula is C36H52N2O3. The van der Waals surface area contributed by atoms with E-state index in [2.05, 4.69) is 51.7 Å². The molecule has 1 amide bonds. The van der Waals surface area contributed by atoms with Gasteiger partial charge in [0.1, 0.15) is 0 Å². The molecule has 8 atom stereocenters. The van der Waals surface area contributed by atoms with Gasteiger partial charge in [-0.3, -0.25) is 9.59 Å². The predicted molar refractivity (Wildman–Crippen MR) is 162 cm³/mol. The molecule has 41 heavy (non-hydrogen) atoms. The molecule has 224 valence electrons. The average molecular weight is 561 g/mol. The van der Waals surface area contributed by atoms with Gasteiger partial charge in [-0.2, -0.15) is 0 Å². The molecule has 0 bridgehead atoms. The first kappa shape index (κ1) is 30.2. The highest BCUT2D eigenvalue weighted by Gasteiger charge is 2.69. The molecule has 0 radical (unpaired) electrons. The zero-order chi connectivity index (χ0) is 30.0. The molecule has 5 heteroatoms. The summed E-state index contributed by atoms with van der Waals surface area (Å²) in [6.45, 7) is 23.5. The minimum absolute atomic E-state index is 0.0461. The fourth-order valence-electron chi connectivity index (χ4n) is 10.5. The largest absolute Gasteiger partial charge is 0.350 e. The van der Waals surface area contributed by atoms with Crippen molar-refractivity contribution in [2.45, 2.75) is 131 Å². The third kappa shape index (κ3) is 4.49. The van der Waals surface area contributed by atoms with Crippen LogP contribution in [0.4, 0.5) is 0 Å². The third-order valence-corrected chi connectivity index (χ3v) is 13.1. The number of nitrogens with one attached hydrogen (secondary N) is 1. The van der Waals surface area contributed by atoms with Gasteiger partial charge in [0, 0.05) is 29.2 Å². The standard InChI is InChI=1S/C36H52N2O3/c1-9-10-11-12-13-29(40)38-36-18-16-32(3,4)21-25(36)30-27(39)20-28-33(5)22-26(37-8)31(41)23(2)24(33)14-15-34(28,6)35(30,7)17-19-36/h20,22-25,30H,9-19,21H2,1-7H3,(H,38,40)/t23-,24-,25-,30-,33-,34+,35+,36-/m0/s1. The van der Waals surface area contributed by atoms with Crippen molar-refractivity contribution in [2.24, 2.45) is 45.3 Å². The van der Waals surface area contributed by atoms with Crippen LogP contribution in [0, 0.1) is 51.9 Å². The van der Waals surface area contributed by atoms with Gasteiger partial charge < -0.3 is 10.1 Å². The van der Waals surface area contributed by atoms with Crippen LogP contribution in [-0.2, 0) is 14.4 Å². The summed E-state index contributed by atoms with van der Waals surface area (Å²) in [6, 6.07) is 0. The van der Waals surface area contributed by atoms with Gasteiger partial charge in [0.2, 0.25) is 11.6 Å². The Kier molecular flexibility index (Phi) is 7.53.